The molecule has 1 amide bonds. The highest BCUT2D eigenvalue weighted by atomic mass is 16.1. The lowest BCUT2D eigenvalue weighted by atomic mass is 9.84. The number of anilines is 1. The Morgan fingerprint density at radius 3 is 2.81 bits per heavy atom. The van der Waals surface area contributed by atoms with Crippen LogP contribution in [0, 0.1) is 5.92 Å². The minimum Gasteiger partial charge on any atom is -0.381 e. The highest BCUT2D eigenvalue weighted by molar-refractivity contribution is 6.06. The first-order valence-electron chi connectivity index (χ1n) is 11.5. The molecule has 0 aromatic carbocycles. The summed E-state index contributed by atoms with van der Waals surface area (Å²) in [7, 11) is 0. The van der Waals surface area contributed by atoms with Crippen molar-refractivity contribution in [1.82, 2.24) is 25.1 Å². The van der Waals surface area contributed by atoms with Gasteiger partial charge in [-0.15, -0.1) is 0 Å². The van der Waals surface area contributed by atoms with Gasteiger partial charge in [-0.25, -0.2) is 9.67 Å². The van der Waals surface area contributed by atoms with Crippen LogP contribution in [0.1, 0.15) is 61.9 Å². The molecule has 0 saturated heterocycles. The van der Waals surface area contributed by atoms with E-state index in [1.807, 2.05) is 36.1 Å². The van der Waals surface area contributed by atoms with Gasteiger partial charge in [0.15, 0.2) is 5.65 Å². The molecule has 3 aromatic heterocycles. The molecule has 1 unspecified atom stereocenters. The molecule has 1 aliphatic carbocycles. The van der Waals surface area contributed by atoms with Crippen LogP contribution in [-0.4, -0.2) is 38.2 Å². The molecule has 1 fully saturated rings. The zero-order valence-electron chi connectivity index (χ0n) is 18.5. The summed E-state index contributed by atoms with van der Waals surface area (Å²) in [5.41, 5.74) is 3.34. The zero-order chi connectivity index (χ0) is 21.6. The van der Waals surface area contributed by atoms with Crippen molar-refractivity contribution in [1.29, 1.82) is 0 Å². The van der Waals surface area contributed by atoms with Gasteiger partial charge >= 0.3 is 0 Å². The number of hydrogen-bond donors (Lipinski definition) is 2. The largest absolute Gasteiger partial charge is 0.381 e. The Balaban J connectivity index is 1.56. The zero-order valence-corrected chi connectivity index (χ0v) is 18.5. The first-order valence-corrected chi connectivity index (χ1v) is 11.5. The molecule has 0 radical (unpaired) electrons. The third kappa shape index (κ3) is 4.86. The number of aryl methyl sites for hydroxylation is 1. The van der Waals surface area contributed by atoms with E-state index < -0.39 is 0 Å². The molecule has 1 saturated carbocycles. The number of carbonyl (C=O) groups excluding carboxylic acids is 1. The molecule has 0 bridgehead atoms. The van der Waals surface area contributed by atoms with Gasteiger partial charge in [0.25, 0.3) is 5.91 Å². The number of rotatable bonds is 8. The Morgan fingerprint density at radius 2 is 2.06 bits per heavy atom. The maximum Gasteiger partial charge on any atom is 0.254 e. The van der Waals surface area contributed by atoms with Crippen molar-refractivity contribution in [2.75, 3.05) is 11.9 Å². The van der Waals surface area contributed by atoms with E-state index in [-0.39, 0.29) is 11.9 Å². The number of nitrogens with one attached hydrogen (secondary N) is 2. The van der Waals surface area contributed by atoms with Gasteiger partial charge in [-0.05, 0) is 50.7 Å². The molecular formula is C24H32N6O. The molecule has 1 atom stereocenters. The number of nitrogens with zero attached hydrogens (tertiary/aromatic N) is 4. The van der Waals surface area contributed by atoms with E-state index in [0.717, 1.165) is 35.2 Å². The summed E-state index contributed by atoms with van der Waals surface area (Å²) in [5.74, 6) is 0.514. The number of hydrogen-bond acceptors (Lipinski definition) is 5. The molecule has 4 rings (SSSR count). The molecule has 7 heteroatoms. The van der Waals surface area contributed by atoms with Crippen LogP contribution in [0.15, 0.2) is 36.9 Å². The van der Waals surface area contributed by atoms with Crippen LogP contribution in [0.2, 0.25) is 0 Å². The summed E-state index contributed by atoms with van der Waals surface area (Å²) in [6.07, 6.45) is 14.2. The van der Waals surface area contributed by atoms with E-state index in [2.05, 4.69) is 32.6 Å². The fourth-order valence-corrected chi connectivity index (χ4v) is 4.53. The Labute approximate surface area is 183 Å². The number of amides is 1. The molecule has 0 spiro atoms. The lowest BCUT2D eigenvalue weighted by molar-refractivity contribution is 0.0954. The van der Waals surface area contributed by atoms with Crippen LogP contribution in [0.3, 0.4) is 0 Å². The standard InChI is InChI=1S/C24H32N6O/c1-3-30-23-20(16-28-30)22(29-17(2)19-9-5-4-6-10-19)21(15-27-23)24(31)26-13-11-18-8-7-12-25-14-18/h7-8,12,14-17,19H,3-6,9-11,13H2,1-2H3,(H,26,31)(H,27,29). The molecular weight excluding hydrogens is 388 g/mol. The van der Waals surface area contributed by atoms with Crippen LogP contribution < -0.4 is 10.6 Å². The van der Waals surface area contributed by atoms with Crippen molar-refractivity contribution in [3.05, 3.63) is 48.0 Å². The predicted molar refractivity (Wildman–Crippen MR) is 123 cm³/mol. The molecule has 3 heterocycles. The summed E-state index contributed by atoms with van der Waals surface area (Å²) in [6, 6.07) is 4.22. The van der Waals surface area contributed by atoms with Gasteiger partial charge in [0, 0.05) is 37.7 Å². The van der Waals surface area contributed by atoms with Crippen molar-refractivity contribution in [3.8, 4) is 0 Å². The number of aromatic nitrogens is 4. The first-order chi connectivity index (χ1) is 15.2. The number of fused-ring (bicyclic) bond motifs is 1. The van der Waals surface area contributed by atoms with E-state index >= 15 is 0 Å². The number of carbonyl (C=O) groups is 1. The van der Waals surface area contributed by atoms with Gasteiger partial charge in [-0.2, -0.15) is 5.10 Å². The second-order valence-corrected chi connectivity index (χ2v) is 8.44. The normalized spacial score (nSPS) is 15.7. The summed E-state index contributed by atoms with van der Waals surface area (Å²) in [6.45, 7) is 5.57. The smallest absolute Gasteiger partial charge is 0.254 e. The minimum absolute atomic E-state index is 0.110. The van der Waals surface area contributed by atoms with Crippen molar-refractivity contribution in [2.24, 2.45) is 5.92 Å². The first kappa shape index (κ1) is 21.3. The van der Waals surface area contributed by atoms with Crippen LogP contribution >= 0.6 is 0 Å². The minimum atomic E-state index is -0.110. The van der Waals surface area contributed by atoms with Crippen LogP contribution in [-0.2, 0) is 13.0 Å². The average molecular weight is 421 g/mol. The topological polar surface area (TPSA) is 84.7 Å². The third-order valence-electron chi connectivity index (χ3n) is 6.36. The summed E-state index contributed by atoms with van der Waals surface area (Å²) < 4.78 is 1.87. The highest BCUT2D eigenvalue weighted by Gasteiger charge is 2.24. The van der Waals surface area contributed by atoms with Crippen LogP contribution in [0.25, 0.3) is 11.0 Å². The average Bonchev–Trinajstić information content (AvgIpc) is 3.24. The molecule has 0 aliphatic heterocycles. The van der Waals surface area contributed by atoms with Gasteiger partial charge in [0.2, 0.25) is 0 Å². The van der Waals surface area contributed by atoms with Crippen molar-refractivity contribution < 1.29 is 4.79 Å². The second-order valence-electron chi connectivity index (χ2n) is 8.44. The summed E-state index contributed by atoms with van der Waals surface area (Å²) in [5, 5.41) is 12.1. The van der Waals surface area contributed by atoms with Gasteiger partial charge < -0.3 is 10.6 Å². The van der Waals surface area contributed by atoms with Crippen LogP contribution in [0.4, 0.5) is 5.69 Å². The van der Waals surface area contributed by atoms with Gasteiger partial charge in [-0.3, -0.25) is 9.78 Å². The molecule has 31 heavy (non-hydrogen) atoms. The molecule has 2 N–H and O–H groups in total. The maximum atomic E-state index is 13.1. The Morgan fingerprint density at radius 1 is 1.23 bits per heavy atom. The van der Waals surface area contributed by atoms with Gasteiger partial charge in [0.05, 0.1) is 22.8 Å². The number of pyridine rings is 2. The predicted octanol–water partition coefficient (Wildman–Crippen LogP) is 4.20. The molecule has 1 aliphatic rings. The quantitative estimate of drug-likeness (QED) is 0.570. The molecule has 7 nitrogen and oxygen atoms in total. The van der Waals surface area contributed by atoms with Crippen molar-refractivity contribution >= 4 is 22.6 Å². The lowest BCUT2D eigenvalue weighted by Crippen LogP contribution is -2.31. The van der Waals surface area contributed by atoms with Crippen molar-refractivity contribution in [3.63, 3.8) is 0 Å². The van der Waals surface area contributed by atoms with Gasteiger partial charge in [0.1, 0.15) is 0 Å². The van der Waals surface area contributed by atoms with E-state index in [1.54, 1.807) is 12.4 Å². The Kier molecular flexibility index (Phi) is 6.79. The molecule has 3 aromatic rings. The van der Waals surface area contributed by atoms with Crippen LogP contribution in [0.5, 0.6) is 0 Å². The van der Waals surface area contributed by atoms with E-state index in [4.69, 9.17) is 0 Å². The second kappa shape index (κ2) is 9.90. The fraction of sp³-hybridized carbons (Fsp3) is 0.500. The van der Waals surface area contributed by atoms with Crippen molar-refractivity contribution in [2.45, 2.75) is 65.0 Å². The maximum absolute atomic E-state index is 13.1. The monoisotopic (exact) mass is 420 g/mol. The lowest BCUT2D eigenvalue weighted by Gasteiger charge is -2.29. The van der Waals surface area contributed by atoms with Gasteiger partial charge in [-0.1, -0.05) is 25.3 Å². The highest BCUT2D eigenvalue weighted by Crippen LogP contribution is 2.32. The third-order valence-corrected chi connectivity index (χ3v) is 6.36. The van der Waals surface area contributed by atoms with E-state index in [9.17, 15) is 4.79 Å². The Bertz CT molecular complexity index is 1010. The van der Waals surface area contributed by atoms with E-state index in [0.29, 0.717) is 18.0 Å². The summed E-state index contributed by atoms with van der Waals surface area (Å²) in [4.78, 5) is 21.8. The Hall–Kier alpha value is -2.96. The SMILES string of the molecule is CCn1ncc2c(NC(C)C3CCCCC3)c(C(=O)NCCc3cccnc3)cnc21. The molecule has 164 valence electrons. The fourth-order valence-electron chi connectivity index (χ4n) is 4.53. The van der Waals surface area contributed by atoms with E-state index in [1.165, 1.54) is 32.1 Å². The summed E-state index contributed by atoms with van der Waals surface area (Å²) >= 11 is 0.